The van der Waals surface area contributed by atoms with E-state index in [-0.39, 0.29) is 11.1 Å². The minimum Gasteiger partial charge on any atom is -0.479 e. The van der Waals surface area contributed by atoms with Gasteiger partial charge in [0.1, 0.15) is 0 Å². The summed E-state index contributed by atoms with van der Waals surface area (Å²) in [6.07, 6.45) is 2.61. The molecule has 1 unspecified atom stereocenters. The highest BCUT2D eigenvalue weighted by atomic mass is 16.4. The topological polar surface area (TPSA) is 108 Å². The van der Waals surface area contributed by atoms with Gasteiger partial charge < -0.3 is 10.2 Å². The highest BCUT2D eigenvalue weighted by molar-refractivity contribution is 6.21. The zero-order valence-electron chi connectivity index (χ0n) is 9.45. The predicted octanol–water partition coefficient (Wildman–Crippen LogP) is -0.487. The normalized spacial score (nSPS) is 17.6. The largest absolute Gasteiger partial charge is 0.479 e. The van der Waals surface area contributed by atoms with Crippen LogP contribution in [-0.4, -0.2) is 50.0 Å². The summed E-state index contributed by atoms with van der Waals surface area (Å²) in [4.78, 5) is 39.0. The molecule has 2 N–H and O–H groups in total. The third-order valence-corrected chi connectivity index (χ3v) is 2.70. The summed E-state index contributed by atoms with van der Waals surface area (Å²) in [6.45, 7) is 0.422. The van der Waals surface area contributed by atoms with Crippen molar-refractivity contribution < 1.29 is 24.6 Å². The molecule has 2 heterocycles. The molecule has 1 aliphatic rings. The van der Waals surface area contributed by atoms with Crippen LogP contribution in [0.3, 0.4) is 0 Å². The predicted molar refractivity (Wildman–Crippen MR) is 57.9 cm³/mol. The first-order valence-electron chi connectivity index (χ1n) is 5.10. The summed E-state index contributed by atoms with van der Waals surface area (Å²) < 4.78 is 0. The van der Waals surface area contributed by atoms with E-state index in [0.717, 1.165) is 6.92 Å². The van der Waals surface area contributed by atoms with Gasteiger partial charge in [-0.3, -0.25) is 19.5 Å². The number of amides is 2. The van der Waals surface area contributed by atoms with Crippen LogP contribution in [0.1, 0.15) is 27.6 Å². The molecule has 1 aromatic heterocycles. The Balaban J connectivity index is 2.32. The molecule has 7 nitrogen and oxygen atoms in total. The molecule has 0 saturated heterocycles. The first kappa shape index (κ1) is 12.2. The highest BCUT2D eigenvalue weighted by Crippen LogP contribution is 2.23. The molecular weight excluding hydrogens is 240 g/mol. The van der Waals surface area contributed by atoms with E-state index in [2.05, 4.69) is 4.98 Å². The average Bonchev–Trinajstić information content (AvgIpc) is 2.55. The molecule has 0 fully saturated rings. The van der Waals surface area contributed by atoms with E-state index < -0.39 is 29.9 Å². The zero-order valence-corrected chi connectivity index (χ0v) is 9.45. The Bertz CT molecular complexity index is 517. The van der Waals surface area contributed by atoms with Gasteiger partial charge in [0, 0.05) is 12.4 Å². The molecule has 7 heteroatoms. The number of aliphatic hydroxyl groups is 1. The quantitative estimate of drug-likeness (QED) is 0.701. The fourth-order valence-corrected chi connectivity index (χ4v) is 1.65. The van der Waals surface area contributed by atoms with Crippen LogP contribution >= 0.6 is 0 Å². The maximum atomic E-state index is 11.9. The van der Waals surface area contributed by atoms with Gasteiger partial charge in [0.2, 0.25) is 0 Å². The molecule has 2 amide bonds. The molecule has 0 aromatic carbocycles. The zero-order chi connectivity index (χ0) is 13.5. The van der Waals surface area contributed by atoms with Crippen molar-refractivity contribution in [3.63, 3.8) is 0 Å². The van der Waals surface area contributed by atoms with Crippen molar-refractivity contribution in [2.24, 2.45) is 0 Å². The third kappa shape index (κ3) is 1.74. The lowest BCUT2D eigenvalue weighted by molar-refractivity contribution is -0.157. The van der Waals surface area contributed by atoms with Crippen LogP contribution in [0.5, 0.6) is 0 Å². The molecule has 1 atom stereocenters. The van der Waals surface area contributed by atoms with Gasteiger partial charge in [-0.25, -0.2) is 4.79 Å². The van der Waals surface area contributed by atoms with Gasteiger partial charge in [-0.05, 0) is 13.0 Å². The molecule has 0 spiro atoms. The summed E-state index contributed by atoms with van der Waals surface area (Å²) in [7, 11) is 0. The minimum atomic E-state index is -2.18. The van der Waals surface area contributed by atoms with E-state index in [1.165, 1.54) is 18.5 Å². The smallest absolute Gasteiger partial charge is 0.337 e. The second-order valence-corrected chi connectivity index (χ2v) is 4.20. The second-order valence-electron chi connectivity index (χ2n) is 4.20. The second kappa shape index (κ2) is 3.88. The van der Waals surface area contributed by atoms with Gasteiger partial charge >= 0.3 is 5.97 Å². The van der Waals surface area contributed by atoms with Crippen LogP contribution in [0.15, 0.2) is 18.5 Å². The van der Waals surface area contributed by atoms with Crippen molar-refractivity contribution in [2.75, 3.05) is 6.54 Å². The lowest BCUT2D eigenvalue weighted by atomic mass is 10.1. The number of hydrogen-bond acceptors (Lipinski definition) is 5. The van der Waals surface area contributed by atoms with Gasteiger partial charge in [-0.1, -0.05) is 0 Å². The number of aromatic nitrogens is 1. The Labute approximate surface area is 102 Å². The molecule has 0 aliphatic carbocycles. The van der Waals surface area contributed by atoms with E-state index in [1.54, 1.807) is 0 Å². The standard InChI is InChI=1S/C11H10N2O5/c1-11(18,10(16)17)5-13-8(14)6-2-3-12-4-7(6)9(13)15/h2-4,18H,5H2,1H3,(H,16,17). The fourth-order valence-electron chi connectivity index (χ4n) is 1.65. The first-order chi connectivity index (χ1) is 8.34. The SMILES string of the molecule is CC(O)(CN1C(=O)c2ccncc2C1=O)C(=O)O. The number of hydrogen-bond donors (Lipinski definition) is 2. The molecule has 2 rings (SSSR count). The number of nitrogens with zero attached hydrogens (tertiary/aromatic N) is 2. The van der Waals surface area contributed by atoms with Crippen molar-refractivity contribution in [1.29, 1.82) is 0 Å². The Morgan fingerprint density at radius 1 is 1.39 bits per heavy atom. The van der Waals surface area contributed by atoms with E-state index in [0.29, 0.717) is 4.90 Å². The fraction of sp³-hybridized carbons (Fsp3) is 0.273. The summed E-state index contributed by atoms with van der Waals surface area (Å²) in [6, 6.07) is 1.38. The van der Waals surface area contributed by atoms with Crippen LogP contribution in [0.4, 0.5) is 0 Å². The summed E-state index contributed by atoms with van der Waals surface area (Å²) in [5.74, 6) is -2.78. The molecule has 0 radical (unpaired) electrons. The molecule has 0 saturated carbocycles. The Morgan fingerprint density at radius 3 is 2.56 bits per heavy atom. The molecule has 0 bridgehead atoms. The van der Waals surface area contributed by atoms with Crippen LogP contribution in [-0.2, 0) is 4.79 Å². The maximum absolute atomic E-state index is 11.9. The lowest BCUT2D eigenvalue weighted by Crippen LogP contribution is -2.48. The summed E-state index contributed by atoms with van der Waals surface area (Å²) in [5.41, 5.74) is -1.90. The third-order valence-electron chi connectivity index (χ3n) is 2.70. The minimum absolute atomic E-state index is 0.115. The molecular formula is C11H10N2O5. The Kier molecular flexibility index (Phi) is 2.63. The number of rotatable bonds is 3. The number of aliphatic carboxylic acids is 1. The molecule has 18 heavy (non-hydrogen) atoms. The number of β-amino-alcohol motifs (C(OH)–C–C–N with tert-alkyl or cyclic N) is 1. The van der Waals surface area contributed by atoms with E-state index in [1.807, 2.05) is 0 Å². The van der Waals surface area contributed by atoms with Crippen LogP contribution in [0, 0.1) is 0 Å². The van der Waals surface area contributed by atoms with Crippen molar-refractivity contribution in [1.82, 2.24) is 9.88 Å². The average molecular weight is 250 g/mol. The van der Waals surface area contributed by atoms with Crippen molar-refractivity contribution >= 4 is 17.8 Å². The number of pyridine rings is 1. The number of carbonyl (C=O) groups is 3. The van der Waals surface area contributed by atoms with Gasteiger partial charge in [0.25, 0.3) is 11.8 Å². The first-order valence-corrected chi connectivity index (χ1v) is 5.10. The van der Waals surface area contributed by atoms with Gasteiger partial charge in [-0.15, -0.1) is 0 Å². The molecule has 1 aromatic rings. The van der Waals surface area contributed by atoms with Crippen LogP contribution in [0.25, 0.3) is 0 Å². The maximum Gasteiger partial charge on any atom is 0.337 e. The monoisotopic (exact) mass is 250 g/mol. The van der Waals surface area contributed by atoms with E-state index in [9.17, 15) is 19.5 Å². The van der Waals surface area contributed by atoms with Gasteiger partial charge in [0.05, 0.1) is 17.7 Å². The molecule has 1 aliphatic heterocycles. The number of carboxylic acid groups (broad SMARTS) is 1. The lowest BCUT2D eigenvalue weighted by Gasteiger charge is -2.23. The van der Waals surface area contributed by atoms with Crippen molar-refractivity contribution in [3.05, 3.63) is 29.6 Å². The van der Waals surface area contributed by atoms with Crippen LogP contribution < -0.4 is 0 Å². The summed E-state index contributed by atoms with van der Waals surface area (Å²) in [5, 5.41) is 18.4. The molecule has 94 valence electrons. The number of fused-ring (bicyclic) bond motifs is 1. The van der Waals surface area contributed by atoms with Gasteiger partial charge in [0.15, 0.2) is 5.60 Å². The van der Waals surface area contributed by atoms with Crippen LogP contribution in [0.2, 0.25) is 0 Å². The number of carboxylic acids is 1. The van der Waals surface area contributed by atoms with E-state index in [4.69, 9.17) is 5.11 Å². The van der Waals surface area contributed by atoms with Gasteiger partial charge in [-0.2, -0.15) is 0 Å². The number of imide groups is 1. The van der Waals surface area contributed by atoms with Crippen molar-refractivity contribution in [3.8, 4) is 0 Å². The Hall–Kier alpha value is -2.28. The highest BCUT2D eigenvalue weighted by Gasteiger charge is 2.42. The summed E-state index contributed by atoms with van der Waals surface area (Å²) >= 11 is 0. The number of carbonyl (C=O) groups excluding carboxylic acids is 2. The van der Waals surface area contributed by atoms with Crippen molar-refractivity contribution in [2.45, 2.75) is 12.5 Å². The van der Waals surface area contributed by atoms with E-state index >= 15 is 0 Å². The Morgan fingerprint density at radius 2 is 2.00 bits per heavy atom.